The van der Waals surface area contributed by atoms with Gasteiger partial charge in [0.2, 0.25) is 0 Å². The maximum absolute atomic E-state index is 6.62. The summed E-state index contributed by atoms with van der Waals surface area (Å²) in [5.74, 6) is 2.78. The van der Waals surface area contributed by atoms with Gasteiger partial charge in [0.05, 0.1) is 17.0 Å². The summed E-state index contributed by atoms with van der Waals surface area (Å²) in [5, 5.41) is 3.55. The number of nitrogens with zero attached hydrogens (tertiary/aromatic N) is 4. The SMILES string of the molecule is C1=Cc2oc3c(-c4ccccc4)cccc3c2C(c2nc(-c3ccccc3)nc(-c3cccc(-n4c5ccccc5c5ccccc54)c3)n2)C1. The highest BCUT2D eigenvalue weighted by molar-refractivity contribution is 6.09. The van der Waals surface area contributed by atoms with Crippen LogP contribution in [0, 0.1) is 0 Å². The van der Waals surface area contributed by atoms with Crippen LogP contribution >= 0.6 is 0 Å². The molecule has 3 heterocycles. The van der Waals surface area contributed by atoms with E-state index < -0.39 is 0 Å². The molecule has 5 heteroatoms. The second-order valence-corrected chi connectivity index (χ2v) is 12.7. The molecule has 6 aromatic carbocycles. The van der Waals surface area contributed by atoms with Crippen molar-refractivity contribution in [2.45, 2.75) is 12.3 Å². The molecule has 0 N–H and O–H groups in total. The van der Waals surface area contributed by atoms with E-state index in [1.807, 2.05) is 24.3 Å². The third-order valence-electron chi connectivity index (χ3n) is 9.80. The number of para-hydroxylation sites is 3. The van der Waals surface area contributed by atoms with Gasteiger partial charge in [-0.05, 0) is 42.3 Å². The lowest BCUT2D eigenvalue weighted by molar-refractivity contribution is 0.587. The number of benzene rings is 6. The quantitative estimate of drug-likeness (QED) is 0.187. The highest BCUT2D eigenvalue weighted by atomic mass is 16.3. The lowest BCUT2D eigenvalue weighted by atomic mass is 9.87. The number of aromatic nitrogens is 4. The second-order valence-electron chi connectivity index (χ2n) is 12.7. The van der Waals surface area contributed by atoms with Crippen molar-refractivity contribution in [3.8, 4) is 39.6 Å². The van der Waals surface area contributed by atoms with Crippen molar-refractivity contribution in [1.82, 2.24) is 19.5 Å². The van der Waals surface area contributed by atoms with Gasteiger partial charge in [0, 0.05) is 44.1 Å². The van der Waals surface area contributed by atoms with E-state index >= 15 is 0 Å². The molecule has 236 valence electrons. The van der Waals surface area contributed by atoms with E-state index in [1.165, 1.54) is 10.8 Å². The molecular weight excluding hydrogens is 613 g/mol. The molecule has 1 aliphatic rings. The van der Waals surface area contributed by atoms with Gasteiger partial charge in [0.15, 0.2) is 11.6 Å². The van der Waals surface area contributed by atoms with E-state index in [2.05, 4.69) is 144 Å². The summed E-state index contributed by atoms with van der Waals surface area (Å²) in [5.41, 5.74) is 9.47. The number of rotatable bonds is 5. The van der Waals surface area contributed by atoms with Crippen molar-refractivity contribution < 1.29 is 4.42 Å². The molecule has 1 unspecified atom stereocenters. The Morgan fingerprint density at radius 3 is 1.88 bits per heavy atom. The smallest absolute Gasteiger partial charge is 0.163 e. The lowest BCUT2D eigenvalue weighted by Gasteiger charge is -2.19. The Hall–Kier alpha value is -6.59. The first-order chi connectivity index (χ1) is 24.8. The maximum Gasteiger partial charge on any atom is 0.163 e. The fourth-order valence-corrected chi connectivity index (χ4v) is 7.53. The molecule has 9 aromatic rings. The van der Waals surface area contributed by atoms with Crippen molar-refractivity contribution in [2.75, 3.05) is 0 Å². The van der Waals surface area contributed by atoms with E-state index in [1.54, 1.807) is 0 Å². The van der Waals surface area contributed by atoms with Crippen molar-refractivity contribution in [3.05, 3.63) is 175 Å². The van der Waals surface area contributed by atoms with Crippen LogP contribution < -0.4 is 0 Å². The second kappa shape index (κ2) is 11.5. The number of furan rings is 1. The molecule has 0 aliphatic heterocycles. The molecule has 3 aromatic heterocycles. The predicted molar refractivity (Wildman–Crippen MR) is 202 cm³/mol. The highest BCUT2D eigenvalue weighted by Crippen LogP contribution is 2.44. The van der Waals surface area contributed by atoms with Gasteiger partial charge < -0.3 is 8.98 Å². The third kappa shape index (κ3) is 4.59. The Bertz CT molecular complexity index is 2690. The monoisotopic (exact) mass is 642 g/mol. The molecule has 0 saturated heterocycles. The van der Waals surface area contributed by atoms with Crippen molar-refractivity contribution in [1.29, 1.82) is 0 Å². The largest absolute Gasteiger partial charge is 0.456 e. The molecule has 0 spiro atoms. The molecule has 1 atom stereocenters. The molecule has 0 radical (unpaired) electrons. The van der Waals surface area contributed by atoms with Gasteiger partial charge in [-0.15, -0.1) is 0 Å². The minimum atomic E-state index is -0.105. The number of hydrogen-bond acceptors (Lipinski definition) is 4. The Kier molecular flexibility index (Phi) is 6.56. The first kappa shape index (κ1) is 28.4. The van der Waals surface area contributed by atoms with Gasteiger partial charge >= 0.3 is 0 Å². The molecule has 0 fully saturated rings. The molecule has 1 aliphatic carbocycles. The number of fused-ring (bicyclic) bond motifs is 6. The third-order valence-corrected chi connectivity index (χ3v) is 9.80. The van der Waals surface area contributed by atoms with Gasteiger partial charge in [-0.2, -0.15) is 0 Å². The minimum absolute atomic E-state index is 0.105. The Balaban J connectivity index is 1.15. The Morgan fingerprint density at radius 2 is 1.14 bits per heavy atom. The fraction of sp³-hybridized carbons (Fsp3) is 0.0444. The minimum Gasteiger partial charge on any atom is -0.456 e. The molecule has 5 nitrogen and oxygen atoms in total. The molecular formula is C45H30N4O. The number of allylic oxidation sites excluding steroid dienone is 1. The van der Waals surface area contributed by atoms with Crippen LogP contribution in [0.1, 0.15) is 29.5 Å². The van der Waals surface area contributed by atoms with E-state index in [0.717, 1.165) is 73.5 Å². The van der Waals surface area contributed by atoms with Gasteiger partial charge in [-0.25, -0.2) is 15.0 Å². The first-order valence-electron chi connectivity index (χ1n) is 17.0. The summed E-state index contributed by atoms with van der Waals surface area (Å²) in [6.07, 6.45) is 5.03. The molecule has 50 heavy (non-hydrogen) atoms. The highest BCUT2D eigenvalue weighted by Gasteiger charge is 2.29. The average Bonchev–Trinajstić information content (AvgIpc) is 3.75. The van der Waals surface area contributed by atoms with Crippen LogP contribution in [0.2, 0.25) is 0 Å². The zero-order chi connectivity index (χ0) is 33.0. The van der Waals surface area contributed by atoms with Crippen LogP contribution in [-0.4, -0.2) is 19.5 Å². The molecule has 0 saturated carbocycles. The van der Waals surface area contributed by atoms with Gasteiger partial charge in [-0.1, -0.05) is 133 Å². The normalized spacial score (nSPS) is 14.0. The summed E-state index contributed by atoms with van der Waals surface area (Å²) in [6, 6.07) is 52.7. The van der Waals surface area contributed by atoms with E-state index in [-0.39, 0.29) is 5.92 Å². The van der Waals surface area contributed by atoms with E-state index in [0.29, 0.717) is 11.6 Å². The summed E-state index contributed by atoms with van der Waals surface area (Å²) in [7, 11) is 0. The van der Waals surface area contributed by atoms with Gasteiger partial charge in [0.1, 0.15) is 17.2 Å². The molecule has 0 amide bonds. The van der Waals surface area contributed by atoms with Gasteiger partial charge in [0.25, 0.3) is 0 Å². The Labute approximate surface area is 288 Å². The average molecular weight is 643 g/mol. The van der Waals surface area contributed by atoms with E-state index in [4.69, 9.17) is 19.4 Å². The molecule has 0 bridgehead atoms. The lowest BCUT2D eigenvalue weighted by Crippen LogP contribution is -2.11. The zero-order valence-electron chi connectivity index (χ0n) is 27.1. The van der Waals surface area contributed by atoms with Crippen LogP contribution in [0.4, 0.5) is 0 Å². The van der Waals surface area contributed by atoms with Crippen molar-refractivity contribution >= 4 is 38.9 Å². The fourth-order valence-electron chi connectivity index (χ4n) is 7.53. The van der Waals surface area contributed by atoms with Crippen LogP contribution in [0.3, 0.4) is 0 Å². The van der Waals surface area contributed by atoms with Crippen LogP contribution in [0.15, 0.2) is 162 Å². The maximum atomic E-state index is 6.62. The van der Waals surface area contributed by atoms with Crippen LogP contribution in [-0.2, 0) is 0 Å². The summed E-state index contributed by atoms with van der Waals surface area (Å²) in [6.45, 7) is 0. The van der Waals surface area contributed by atoms with Crippen LogP contribution in [0.5, 0.6) is 0 Å². The summed E-state index contributed by atoms with van der Waals surface area (Å²) in [4.78, 5) is 15.5. The topological polar surface area (TPSA) is 56.7 Å². The van der Waals surface area contributed by atoms with Crippen LogP contribution in [0.25, 0.3) is 78.4 Å². The zero-order valence-corrected chi connectivity index (χ0v) is 27.1. The summed E-state index contributed by atoms with van der Waals surface area (Å²) >= 11 is 0. The van der Waals surface area contributed by atoms with Crippen molar-refractivity contribution in [3.63, 3.8) is 0 Å². The Morgan fingerprint density at radius 1 is 0.540 bits per heavy atom. The van der Waals surface area contributed by atoms with Crippen molar-refractivity contribution in [2.24, 2.45) is 0 Å². The summed E-state index contributed by atoms with van der Waals surface area (Å²) < 4.78 is 8.95. The van der Waals surface area contributed by atoms with E-state index in [9.17, 15) is 0 Å². The van der Waals surface area contributed by atoms with Gasteiger partial charge in [-0.3, -0.25) is 0 Å². The number of hydrogen-bond donors (Lipinski definition) is 0. The first-order valence-corrected chi connectivity index (χ1v) is 17.0. The standard InChI is InChI=1S/C45H30N4O/c1-3-14-29(15-4-1)33-22-12-23-36-41-37(24-13-27-40(41)50-42(33)36)45-47-43(30-16-5-2-6-17-30)46-44(48-45)31-18-11-19-32(28-31)49-38-25-9-7-20-34(38)35-21-8-10-26-39(35)49/h1-23,25-28,37H,24H2. The predicted octanol–water partition coefficient (Wildman–Crippen LogP) is 11.3. The molecule has 10 rings (SSSR count).